The van der Waals surface area contributed by atoms with E-state index in [0.717, 1.165) is 23.2 Å². The van der Waals surface area contributed by atoms with Gasteiger partial charge >= 0.3 is 0 Å². The standard InChI is InChI=1S/C15H24N4O/c1-15(2,3)14-12(10-19(5)17-14)13(20)7-6-11-8-16-18(4)9-11/h8-10,13,20H,6-7H2,1-5H3. The molecule has 1 atom stereocenters. The Labute approximate surface area is 120 Å². The summed E-state index contributed by atoms with van der Waals surface area (Å²) in [5.41, 5.74) is 2.99. The molecule has 0 spiro atoms. The number of hydrogen-bond donors (Lipinski definition) is 1. The molecule has 20 heavy (non-hydrogen) atoms. The Kier molecular flexibility index (Phi) is 3.99. The van der Waals surface area contributed by atoms with Crippen LogP contribution in [0.5, 0.6) is 0 Å². The maximum Gasteiger partial charge on any atom is 0.0826 e. The SMILES string of the molecule is Cn1cc(CCC(O)c2cn(C)nc2C(C)(C)C)cn1. The van der Waals surface area contributed by atoms with Crippen molar-refractivity contribution in [3.8, 4) is 0 Å². The second kappa shape index (κ2) is 5.40. The van der Waals surface area contributed by atoms with Crippen LogP contribution < -0.4 is 0 Å². The predicted molar refractivity (Wildman–Crippen MR) is 78.4 cm³/mol. The summed E-state index contributed by atoms with van der Waals surface area (Å²) in [5.74, 6) is 0. The maximum atomic E-state index is 10.5. The van der Waals surface area contributed by atoms with Crippen LogP contribution in [0.15, 0.2) is 18.6 Å². The van der Waals surface area contributed by atoms with Crippen LogP contribution in [-0.4, -0.2) is 24.7 Å². The van der Waals surface area contributed by atoms with Gasteiger partial charge in [0.25, 0.3) is 0 Å². The second-order valence-corrected chi connectivity index (χ2v) is 6.43. The molecule has 110 valence electrons. The van der Waals surface area contributed by atoms with E-state index in [1.54, 1.807) is 9.36 Å². The summed E-state index contributed by atoms with van der Waals surface area (Å²) < 4.78 is 3.57. The molecule has 0 saturated carbocycles. The van der Waals surface area contributed by atoms with Crippen LogP contribution in [0.3, 0.4) is 0 Å². The van der Waals surface area contributed by atoms with E-state index in [0.29, 0.717) is 6.42 Å². The number of rotatable bonds is 4. The molecular weight excluding hydrogens is 252 g/mol. The number of nitrogens with zero attached hydrogens (tertiary/aromatic N) is 4. The van der Waals surface area contributed by atoms with Gasteiger partial charge < -0.3 is 5.11 Å². The van der Waals surface area contributed by atoms with E-state index >= 15 is 0 Å². The molecule has 5 heteroatoms. The molecule has 1 unspecified atom stereocenters. The van der Waals surface area contributed by atoms with Gasteiger partial charge in [-0.2, -0.15) is 10.2 Å². The van der Waals surface area contributed by atoms with Crippen molar-refractivity contribution in [2.45, 2.75) is 45.1 Å². The van der Waals surface area contributed by atoms with E-state index in [-0.39, 0.29) is 5.41 Å². The third kappa shape index (κ3) is 3.28. The van der Waals surface area contributed by atoms with Gasteiger partial charge in [-0.3, -0.25) is 9.36 Å². The number of hydrogen-bond acceptors (Lipinski definition) is 3. The van der Waals surface area contributed by atoms with E-state index in [2.05, 4.69) is 31.0 Å². The molecule has 2 aromatic heterocycles. The lowest BCUT2D eigenvalue weighted by molar-refractivity contribution is 0.165. The summed E-state index contributed by atoms with van der Waals surface area (Å²) in [6, 6.07) is 0. The molecule has 0 aliphatic heterocycles. The minimum Gasteiger partial charge on any atom is -0.388 e. The fourth-order valence-corrected chi connectivity index (χ4v) is 2.39. The molecular formula is C15H24N4O. The Balaban J connectivity index is 2.11. The lowest BCUT2D eigenvalue weighted by atomic mass is 9.87. The minimum atomic E-state index is -0.488. The first-order valence-corrected chi connectivity index (χ1v) is 6.97. The van der Waals surface area contributed by atoms with E-state index in [1.807, 2.05) is 32.7 Å². The lowest BCUT2D eigenvalue weighted by Gasteiger charge is -2.19. The van der Waals surface area contributed by atoms with Gasteiger partial charge in [0.1, 0.15) is 0 Å². The molecule has 0 bridgehead atoms. The van der Waals surface area contributed by atoms with Gasteiger partial charge in [0.15, 0.2) is 0 Å². The van der Waals surface area contributed by atoms with Crippen LogP contribution >= 0.6 is 0 Å². The highest BCUT2D eigenvalue weighted by molar-refractivity contribution is 5.26. The normalized spacial score (nSPS) is 13.7. The number of aliphatic hydroxyl groups is 1. The molecule has 0 saturated heterocycles. The highest BCUT2D eigenvalue weighted by atomic mass is 16.3. The third-order valence-corrected chi connectivity index (χ3v) is 3.39. The highest BCUT2D eigenvalue weighted by Gasteiger charge is 2.25. The molecule has 5 nitrogen and oxygen atoms in total. The Morgan fingerprint density at radius 3 is 2.45 bits per heavy atom. The van der Waals surface area contributed by atoms with Gasteiger partial charge in [-0.05, 0) is 18.4 Å². The molecule has 1 N–H and O–H groups in total. The third-order valence-electron chi connectivity index (χ3n) is 3.39. The van der Waals surface area contributed by atoms with Crippen molar-refractivity contribution in [1.82, 2.24) is 19.6 Å². The average molecular weight is 276 g/mol. The molecule has 0 amide bonds. The first kappa shape index (κ1) is 14.8. The van der Waals surface area contributed by atoms with E-state index in [9.17, 15) is 5.11 Å². The minimum absolute atomic E-state index is 0.0636. The predicted octanol–water partition coefficient (Wildman–Crippen LogP) is 2.12. The van der Waals surface area contributed by atoms with Crippen LogP contribution in [0.2, 0.25) is 0 Å². The summed E-state index contributed by atoms with van der Waals surface area (Å²) in [5, 5.41) is 19.1. The highest BCUT2D eigenvalue weighted by Crippen LogP contribution is 2.30. The zero-order valence-corrected chi connectivity index (χ0v) is 13.0. The molecule has 2 rings (SSSR count). The Bertz CT molecular complexity index is 577. The number of aliphatic hydroxyl groups excluding tert-OH is 1. The van der Waals surface area contributed by atoms with Crippen molar-refractivity contribution in [2.24, 2.45) is 14.1 Å². The smallest absolute Gasteiger partial charge is 0.0826 e. The largest absolute Gasteiger partial charge is 0.388 e. The molecule has 0 fully saturated rings. The van der Waals surface area contributed by atoms with Gasteiger partial charge in [0, 0.05) is 37.5 Å². The van der Waals surface area contributed by atoms with Crippen molar-refractivity contribution in [3.63, 3.8) is 0 Å². The molecule has 2 aromatic rings. The maximum absolute atomic E-state index is 10.5. The van der Waals surface area contributed by atoms with Crippen molar-refractivity contribution in [3.05, 3.63) is 35.4 Å². The number of aryl methyl sites for hydroxylation is 3. The van der Waals surface area contributed by atoms with Crippen molar-refractivity contribution < 1.29 is 5.11 Å². The molecule has 0 aromatic carbocycles. The van der Waals surface area contributed by atoms with Gasteiger partial charge in [-0.15, -0.1) is 0 Å². The monoisotopic (exact) mass is 276 g/mol. The Morgan fingerprint density at radius 2 is 1.90 bits per heavy atom. The van der Waals surface area contributed by atoms with Crippen LogP contribution in [0.25, 0.3) is 0 Å². The van der Waals surface area contributed by atoms with Crippen molar-refractivity contribution >= 4 is 0 Å². The summed E-state index contributed by atoms with van der Waals surface area (Å²) in [6.07, 6.45) is 6.77. The molecule has 0 aliphatic carbocycles. The van der Waals surface area contributed by atoms with Crippen LogP contribution in [-0.2, 0) is 25.9 Å². The van der Waals surface area contributed by atoms with Crippen molar-refractivity contribution in [1.29, 1.82) is 0 Å². The van der Waals surface area contributed by atoms with Gasteiger partial charge in [-0.1, -0.05) is 20.8 Å². The zero-order chi connectivity index (χ0) is 14.9. The van der Waals surface area contributed by atoms with E-state index in [1.165, 1.54) is 0 Å². The lowest BCUT2D eigenvalue weighted by Crippen LogP contribution is -2.16. The summed E-state index contributed by atoms with van der Waals surface area (Å²) >= 11 is 0. The van der Waals surface area contributed by atoms with Crippen LogP contribution in [0.1, 0.15) is 50.1 Å². The van der Waals surface area contributed by atoms with Gasteiger partial charge in [-0.25, -0.2) is 0 Å². The Morgan fingerprint density at radius 1 is 1.20 bits per heavy atom. The summed E-state index contributed by atoms with van der Waals surface area (Å²) in [4.78, 5) is 0. The van der Waals surface area contributed by atoms with Crippen LogP contribution in [0, 0.1) is 0 Å². The van der Waals surface area contributed by atoms with E-state index < -0.39 is 6.10 Å². The molecule has 2 heterocycles. The fourth-order valence-electron chi connectivity index (χ4n) is 2.39. The zero-order valence-electron chi connectivity index (χ0n) is 13.0. The topological polar surface area (TPSA) is 55.9 Å². The van der Waals surface area contributed by atoms with Crippen LogP contribution in [0.4, 0.5) is 0 Å². The van der Waals surface area contributed by atoms with E-state index in [4.69, 9.17) is 0 Å². The van der Waals surface area contributed by atoms with Gasteiger partial charge in [0.2, 0.25) is 0 Å². The number of aromatic nitrogens is 4. The molecule has 0 radical (unpaired) electrons. The first-order valence-electron chi connectivity index (χ1n) is 6.97. The Hall–Kier alpha value is -1.62. The second-order valence-electron chi connectivity index (χ2n) is 6.43. The van der Waals surface area contributed by atoms with Crippen molar-refractivity contribution in [2.75, 3.05) is 0 Å². The summed E-state index contributed by atoms with van der Waals surface area (Å²) in [7, 11) is 3.80. The average Bonchev–Trinajstić information content (AvgIpc) is 2.91. The summed E-state index contributed by atoms with van der Waals surface area (Å²) in [6.45, 7) is 6.35. The first-order chi connectivity index (χ1) is 9.27. The van der Waals surface area contributed by atoms with Gasteiger partial charge in [0.05, 0.1) is 18.0 Å². The molecule has 0 aliphatic rings. The fraction of sp³-hybridized carbons (Fsp3) is 0.600. The quantitative estimate of drug-likeness (QED) is 0.930.